The third-order valence-corrected chi connectivity index (χ3v) is 5.44. The summed E-state index contributed by atoms with van der Waals surface area (Å²) in [7, 11) is 0.508. The number of hydrogen-bond acceptors (Lipinski definition) is 5. The van der Waals surface area contributed by atoms with Crippen LogP contribution in [0.1, 0.15) is 15.2 Å². The molecule has 1 aromatic carbocycles. The van der Waals surface area contributed by atoms with Crippen molar-refractivity contribution in [2.24, 2.45) is 4.99 Å². The smallest absolute Gasteiger partial charge is 0.268 e. The first-order valence-corrected chi connectivity index (χ1v) is 9.44. The maximum absolute atomic E-state index is 12.6. The van der Waals surface area contributed by atoms with Gasteiger partial charge in [0.2, 0.25) is 5.96 Å². The minimum Gasteiger partial charge on any atom is -0.291 e. The summed E-state index contributed by atoms with van der Waals surface area (Å²) in [4.78, 5) is 29.9. The Balaban J connectivity index is 1.96. The highest BCUT2D eigenvalue weighted by atomic mass is 32.2. The predicted octanol–water partition coefficient (Wildman–Crippen LogP) is 1.34. The van der Waals surface area contributed by atoms with Crippen LogP contribution in [0.5, 0.6) is 0 Å². The second-order valence-electron chi connectivity index (χ2n) is 5.17. The lowest BCUT2D eigenvalue weighted by Crippen LogP contribution is -2.41. The molecule has 1 atom stereocenters. The Morgan fingerprint density at radius 3 is 2.83 bits per heavy atom. The average Bonchev–Trinajstić information content (AvgIpc) is 3.02. The Bertz CT molecular complexity index is 857. The van der Waals surface area contributed by atoms with Gasteiger partial charge in [-0.3, -0.25) is 24.0 Å². The van der Waals surface area contributed by atoms with Gasteiger partial charge in [-0.15, -0.1) is 11.3 Å². The zero-order valence-corrected chi connectivity index (χ0v) is 14.3. The van der Waals surface area contributed by atoms with Crippen LogP contribution < -0.4 is 5.32 Å². The normalized spacial score (nSPS) is 15.8. The molecule has 3 rings (SSSR count). The topological polar surface area (TPSA) is 78.8 Å². The summed E-state index contributed by atoms with van der Waals surface area (Å²) in [6.07, 6.45) is 1.61. The number of carbonyl (C=O) groups excluding carboxylic acids is 2. The molecule has 1 aliphatic heterocycles. The number of thiophene rings is 1. The largest absolute Gasteiger partial charge is 0.291 e. The molecule has 1 unspecified atom stereocenters. The number of nitrogens with one attached hydrogen (secondary N) is 1. The fraction of sp³-hybridized carbons (Fsp3) is 0.267. The lowest BCUT2D eigenvalue weighted by molar-refractivity contribution is -0.123. The van der Waals surface area contributed by atoms with Gasteiger partial charge in [0, 0.05) is 28.8 Å². The molecule has 0 aliphatic carbocycles. The van der Waals surface area contributed by atoms with Crippen LogP contribution in [-0.4, -0.2) is 46.7 Å². The van der Waals surface area contributed by atoms with E-state index in [1.165, 1.54) is 16.2 Å². The van der Waals surface area contributed by atoms with Gasteiger partial charge >= 0.3 is 0 Å². The van der Waals surface area contributed by atoms with E-state index in [0.29, 0.717) is 10.6 Å². The molecule has 0 saturated carbocycles. The number of hydrogen-bond donors (Lipinski definition) is 1. The third kappa shape index (κ3) is 3.04. The standard InChI is InChI=1S/C15H15N3O3S2/c1-18-12(19)7-16-15(18)17-14(20)13-10(8-23(2)21)9-5-3-4-6-11(9)22-13/h3-6H,7-8H2,1-2H3,(H,16,17,20). The van der Waals surface area contributed by atoms with Crippen molar-refractivity contribution < 1.29 is 13.8 Å². The fourth-order valence-electron chi connectivity index (χ4n) is 2.38. The van der Waals surface area contributed by atoms with Crippen molar-refractivity contribution in [2.75, 3.05) is 19.8 Å². The number of fused-ring (bicyclic) bond motifs is 1. The van der Waals surface area contributed by atoms with E-state index in [0.717, 1.165) is 15.6 Å². The van der Waals surface area contributed by atoms with Gasteiger partial charge in [-0.2, -0.15) is 0 Å². The van der Waals surface area contributed by atoms with Crippen LogP contribution in [0.4, 0.5) is 0 Å². The molecule has 2 amide bonds. The van der Waals surface area contributed by atoms with Gasteiger partial charge in [0.15, 0.2) is 0 Å². The van der Waals surface area contributed by atoms with Crippen molar-refractivity contribution >= 4 is 50.0 Å². The molecule has 0 fully saturated rings. The Morgan fingerprint density at radius 2 is 2.17 bits per heavy atom. The summed E-state index contributed by atoms with van der Waals surface area (Å²) in [6.45, 7) is 0.0460. The first kappa shape index (κ1) is 15.8. The van der Waals surface area contributed by atoms with Crippen molar-refractivity contribution in [1.82, 2.24) is 10.2 Å². The number of aliphatic imine (C=N–C) groups is 1. The van der Waals surface area contributed by atoms with E-state index < -0.39 is 10.8 Å². The highest BCUT2D eigenvalue weighted by molar-refractivity contribution is 7.83. The molecule has 1 aromatic heterocycles. The lowest BCUT2D eigenvalue weighted by Gasteiger charge is -2.12. The van der Waals surface area contributed by atoms with Crippen molar-refractivity contribution in [2.45, 2.75) is 5.75 Å². The Labute approximate surface area is 139 Å². The van der Waals surface area contributed by atoms with Gasteiger partial charge in [-0.25, -0.2) is 4.99 Å². The van der Waals surface area contributed by atoms with Gasteiger partial charge in [0.05, 0.1) is 10.6 Å². The molecule has 0 saturated heterocycles. The molecular formula is C15H15N3O3S2. The average molecular weight is 349 g/mol. The van der Waals surface area contributed by atoms with Crippen LogP contribution in [0.3, 0.4) is 0 Å². The minimum absolute atomic E-state index is 0.0460. The van der Waals surface area contributed by atoms with Crippen LogP contribution in [-0.2, 0) is 21.3 Å². The number of rotatable bonds is 3. The molecule has 0 spiro atoms. The third-order valence-electron chi connectivity index (χ3n) is 3.53. The number of amides is 2. The lowest BCUT2D eigenvalue weighted by atomic mass is 10.1. The summed E-state index contributed by atoms with van der Waals surface area (Å²) < 4.78 is 12.6. The van der Waals surface area contributed by atoms with Crippen LogP contribution in [0.15, 0.2) is 29.3 Å². The van der Waals surface area contributed by atoms with Gasteiger partial charge < -0.3 is 0 Å². The summed E-state index contributed by atoms with van der Waals surface area (Å²) >= 11 is 1.35. The Kier molecular flexibility index (Phi) is 4.27. The van der Waals surface area contributed by atoms with Crippen LogP contribution in [0.2, 0.25) is 0 Å². The number of guanidine groups is 1. The van der Waals surface area contributed by atoms with E-state index in [4.69, 9.17) is 0 Å². The van der Waals surface area contributed by atoms with E-state index in [-0.39, 0.29) is 24.3 Å². The van der Waals surface area contributed by atoms with Gasteiger partial charge in [-0.1, -0.05) is 18.2 Å². The second-order valence-corrected chi connectivity index (χ2v) is 7.66. The van der Waals surface area contributed by atoms with Crippen molar-refractivity contribution in [1.29, 1.82) is 0 Å². The van der Waals surface area contributed by atoms with E-state index in [2.05, 4.69) is 10.3 Å². The predicted molar refractivity (Wildman–Crippen MR) is 92.1 cm³/mol. The van der Waals surface area contributed by atoms with Gasteiger partial charge in [-0.05, 0) is 17.0 Å². The van der Waals surface area contributed by atoms with E-state index in [1.54, 1.807) is 13.3 Å². The quantitative estimate of drug-likeness (QED) is 0.908. The second kappa shape index (κ2) is 6.21. The molecule has 6 nitrogen and oxygen atoms in total. The SMILES string of the molecule is CN1C(=O)CN=C1NC(=O)c1sc2ccccc2c1CS(C)=O. The number of likely N-dealkylation sites (N-methyl/N-ethyl adjacent to an activating group) is 1. The molecule has 2 heterocycles. The van der Waals surface area contributed by atoms with Crippen molar-refractivity contribution in [3.05, 3.63) is 34.7 Å². The zero-order chi connectivity index (χ0) is 16.6. The fourth-order valence-corrected chi connectivity index (χ4v) is 4.30. The highest BCUT2D eigenvalue weighted by Crippen LogP contribution is 2.32. The number of carbonyl (C=O) groups is 2. The van der Waals surface area contributed by atoms with Gasteiger partial charge in [0.25, 0.3) is 11.8 Å². The minimum atomic E-state index is -1.06. The van der Waals surface area contributed by atoms with Crippen LogP contribution in [0, 0.1) is 0 Å². The number of nitrogens with zero attached hydrogens (tertiary/aromatic N) is 2. The first-order chi connectivity index (χ1) is 11.0. The molecule has 0 bridgehead atoms. The molecule has 23 heavy (non-hydrogen) atoms. The first-order valence-electron chi connectivity index (χ1n) is 6.90. The van der Waals surface area contributed by atoms with Crippen molar-refractivity contribution in [3.8, 4) is 0 Å². The number of benzene rings is 1. The molecular weight excluding hydrogens is 334 g/mol. The van der Waals surface area contributed by atoms with Crippen molar-refractivity contribution in [3.63, 3.8) is 0 Å². The summed E-state index contributed by atoms with van der Waals surface area (Å²) in [5, 5.41) is 3.62. The highest BCUT2D eigenvalue weighted by Gasteiger charge is 2.26. The van der Waals surface area contributed by atoms with E-state index in [9.17, 15) is 13.8 Å². The Morgan fingerprint density at radius 1 is 1.43 bits per heavy atom. The molecule has 8 heteroatoms. The van der Waals surface area contributed by atoms with Crippen LogP contribution in [0.25, 0.3) is 10.1 Å². The molecule has 1 aliphatic rings. The summed E-state index contributed by atoms with van der Waals surface area (Å²) in [5.41, 5.74) is 0.775. The summed E-state index contributed by atoms with van der Waals surface area (Å²) in [6, 6.07) is 7.65. The van der Waals surface area contributed by atoms with E-state index >= 15 is 0 Å². The zero-order valence-electron chi connectivity index (χ0n) is 12.7. The molecule has 0 radical (unpaired) electrons. The molecule has 2 aromatic rings. The van der Waals surface area contributed by atoms with Gasteiger partial charge in [0.1, 0.15) is 6.54 Å². The summed E-state index contributed by atoms with van der Waals surface area (Å²) in [5.74, 6) is 0.0769. The van der Waals surface area contributed by atoms with E-state index in [1.807, 2.05) is 24.3 Å². The molecule has 120 valence electrons. The maximum Gasteiger partial charge on any atom is 0.268 e. The Hall–Kier alpha value is -2.06. The monoisotopic (exact) mass is 349 g/mol. The maximum atomic E-state index is 12.6. The van der Waals surface area contributed by atoms with Crippen LogP contribution >= 0.6 is 11.3 Å². The molecule has 1 N–H and O–H groups in total.